The van der Waals surface area contributed by atoms with Crippen LogP contribution in [0.25, 0.3) is 0 Å². The standard InChI is InChI=1S/C14H14Cl4O4/c1-3-4-6(2)5-22-14(21)8-7(13(19)20)9(15)11(17)12(18)10(8)16/h6H,3-5H2,1-2H3,(H,19,20)/t6-/m0/s1. The minimum atomic E-state index is -1.45. The first-order chi connectivity index (χ1) is 10.2. The smallest absolute Gasteiger partial charge is 0.340 e. The van der Waals surface area contributed by atoms with Crippen molar-refractivity contribution in [1.29, 1.82) is 0 Å². The van der Waals surface area contributed by atoms with E-state index < -0.39 is 23.1 Å². The van der Waals surface area contributed by atoms with E-state index in [0.717, 1.165) is 12.8 Å². The van der Waals surface area contributed by atoms with Crippen molar-refractivity contribution >= 4 is 58.3 Å². The summed E-state index contributed by atoms with van der Waals surface area (Å²) in [7, 11) is 0. The second-order valence-electron chi connectivity index (χ2n) is 4.80. The largest absolute Gasteiger partial charge is 0.478 e. The lowest BCUT2D eigenvalue weighted by molar-refractivity contribution is 0.0436. The molecule has 0 spiro atoms. The van der Waals surface area contributed by atoms with Gasteiger partial charge in [-0.25, -0.2) is 9.59 Å². The summed E-state index contributed by atoms with van der Waals surface area (Å²) in [6.45, 7) is 4.06. The van der Waals surface area contributed by atoms with Gasteiger partial charge >= 0.3 is 11.9 Å². The van der Waals surface area contributed by atoms with E-state index >= 15 is 0 Å². The minimum Gasteiger partial charge on any atom is -0.478 e. The molecule has 0 fully saturated rings. The predicted molar refractivity (Wildman–Crippen MR) is 87.8 cm³/mol. The number of carboxylic acid groups (broad SMARTS) is 1. The first-order valence-electron chi connectivity index (χ1n) is 6.48. The zero-order chi connectivity index (χ0) is 17.0. The fraction of sp³-hybridized carbons (Fsp3) is 0.429. The fourth-order valence-corrected chi connectivity index (χ4v) is 2.90. The van der Waals surface area contributed by atoms with Gasteiger partial charge < -0.3 is 9.84 Å². The van der Waals surface area contributed by atoms with Crippen molar-refractivity contribution < 1.29 is 19.4 Å². The third-order valence-corrected chi connectivity index (χ3v) is 4.77. The Morgan fingerprint density at radius 3 is 2.00 bits per heavy atom. The Balaban J connectivity index is 3.23. The molecule has 0 aliphatic rings. The molecule has 1 rings (SSSR count). The number of esters is 1. The van der Waals surface area contributed by atoms with Crippen LogP contribution in [0.4, 0.5) is 0 Å². The molecule has 1 N–H and O–H groups in total. The number of halogens is 4. The second-order valence-corrected chi connectivity index (χ2v) is 6.32. The number of rotatable bonds is 6. The van der Waals surface area contributed by atoms with Crippen molar-refractivity contribution in [2.24, 2.45) is 5.92 Å². The maximum Gasteiger partial charge on any atom is 0.340 e. The number of hydrogen-bond acceptors (Lipinski definition) is 3. The molecule has 1 atom stereocenters. The number of ether oxygens (including phenoxy) is 1. The highest BCUT2D eigenvalue weighted by Crippen LogP contribution is 2.41. The van der Waals surface area contributed by atoms with E-state index in [1.807, 2.05) is 13.8 Å². The third kappa shape index (κ3) is 4.19. The number of carbonyl (C=O) groups is 2. The van der Waals surface area contributed by atoms with E-state index in [1.165, 1.54) is 0 Å². The van der Waals surface area contributed by atoms with Gasteiger partial charge in [-0.2, -0.15) is 0 Å². The Bertz CT molecular complexity index is 601. The van der Waals surface area contributed by atoms with Crippen molar-refractivity contribution in [2.45, 2.75) is 26.7 Å². The highest BCUT2D eigenvalue weighted by atomic mass is 35.5. The molecule has 0 aliphatic heterocycles. The molecular weight excluding hydrogens is 374 g/mol. The van der Waals surface area contributed by atoms with Gasteiger partial charge in [0.05, 0.1) is 37.8 Å². The molecule has 122 valence electrons. The molecule has 0 bridgehead atoms. The van der Waals surface area contributed by atoms with Crippen molar-refractivity contribution in [3.8, 4) is 0 Å². The molecule has 0 saturated heterocycles. The summed E-state index contributed by atoms with van der Waals surface area (Å²) < 4.78 is 5.12. The van der Waals surface area contributed by atoms with Crippen molar-refractivity contribution in [2.75, 3.05) is 6.61 Å². The van der Waals surface area contributed by atoms with Crippen LogP contribution in [-0.2, 0) is 4.74 Å². The maximum atomic E-state index is 12.2. The summed E-state index contributed by atoms with van der Waals surface area (Å²) in [5, 5.41) is 8.20. The van der Waals surface area contributed by atoms with E-state index in [-0.39, 0.29) is 32.6 Å². The van der Waals surface area contributed by atoms with Crippen LogP contribution >= 0.6 is 46.4 Å². The Morgan fingerprint density at radius 2 is 1.55 bits per heavy atom. The second kappa shape index (κ2) is 8.25. The summed E-state index contributed by atoms with van der Waals surface area (Å²) in [5.41, 5.74) is -0.911. The van der Waals surface area contributed by atoms with Crippen molar-refractivity contribution in [1.82, 2.24) is 0 Å². The minimum absolute atomic E-state index is 0.138. The van der Waals surface area contributed by atoms with E-state index in [4.69, 9.17) is 51.1 Å². The number of carbonyl (C=O) groups excluding carboxylic acids is 1. The van der Waals surface area contributed by atoms with E-state index in [0.29, 0.717) is 0 Å². The quantitative estimate of drug-likeness (QED) is 0.392. The molecule has 0 aliphatic carbocycles. The topological polar surface area (TPSA) is 63.6 Å². The number of hydrogen-bond donors (Lipinski definition) is 1. The summed E-state index contributed by atoms with van der Waals surface area (Å²) >= 11 is 23.5. The van der Waals surface area contributed by atoms with Gasteiger partial charge in [-0.05, 0) is 12.3 Å². The van der Waals surface area contributed by atoms with Gasteiger partial charge in [-0.1, -0.05) is 66.7 Å². The zero-order valence-electron chi connectivity index (χ0n) is 11.9. The highest BCUT2D eigenvalue weighted by molar-refractivity contribution is 6.54. The average molecular weight is 388 g/mol. The van der Waals surface area contributed by atoms with Crippen LogP contribution in [0.5, 0.6) is 0 Å². The van der Waals surface area contributed by atoms with Crippen molar-refractivity contribution in [3.05, 3.63) is 31.2 Å². The average Bonchev–Trinajstić information content (AvgIpc) is 2.46. The Hall–Kier alpha value is -0.680. The lowest BCUT2D eigenvalue weighted by Crippen LogP contribution is -2.17. The Kier molecular flexibility index (Phi) is 7.26. The van der Waals surface area contributed by atoms with Gasteiger partial charge in [0.2, 0.25) is 0 Å². The first-order valence-corrected chi connectivity index (χ1v) is 7.99. The van der Waals surface area contributed by atoms with Crippen LogP contribution in [0.15, 0.2) is 0 Å². The van der Waals surface area contributed by atoms with Crippen LogP contribution in [-0.4, -0.2) is 23.7 Å². The number of carboxylic acids is 1. The first kappa shape index (κ1) is 19.4. The van der Waals surface area contributed by atoms with Crippen LogP contribution in [0.1, 0.15) is 47.4 Å². The lowest BCUT2D eigenvalue weighted by Gasteiger charge is -2.15. The highest BCUT2D eigenvalue weighted by Gasteiger charge is 2.29. The number of benzene rings is 1. The predicted octanol–water partition coefficient (Wildman–Crippen LogP) is 5.59. The molecule has 0 unspecified atom stereocenters. The third-order valence-electron chi connectivity index (χ3n) is 2.97. The Morgan fingerprint density at radius 1 is 1.05 bits per heavy atom. The van der Waals surface area contributed by atoms with Gasteiger partial charge in [0.25, 0.3) is 0 Å². The summed E-state index contributed by atoms with van der Waals surface area (Å²) in [4.78, 5) is 23.5. The molecule has 1 aromatic rings. The molecule has 1 aromatic carbocycles. The molecule has 0 radical (unpaired) electrons. The number of aromatic carboxylic acids is 1. The van der Waals surface area contributed by atoms with Gasteiger partial charge in [0, 0.05) is 0 Å². The van der Waals surface area contributed by atoms with Crippen molar-refractivity contribution in [3.63, 3.8) is 0 Å². The zero-order valence-corrected chi connectivity index (χ0v) is 14.9. The molecule has 8 heteroatoms. The molecule has 0 heterocycles. The van der Waals surface area contributed by atoms with Crippen LogP contribution in [0, 0.1) is 5.92 Å². The molecule has 4 nitrogen and oxygen atoms in total. The summed E-state index contributed by atoms with van der Waals surface area (Å²) in [5.74, 6) is -2.20. The summed E-state index contributed by atoms with van der Waals surface area (Å²) in [6, 6.07) is 0. The van der Waals surface area contributed by atoms with E-state index in [1.54, 1.807) is 0 Å². The van der Waals surface area contributed by atoms with E-state index in [9.17, 15) is 14.7 Å². The summed E-state index contributed by atoms with van der Waals surface area (Å²) in [6.07, 6.45) is 1.81. The van der Waals surface area contributed by atoms with Gasteiger partial charge in [0.1, 0.15) is 0 Å². The molecule has 0 saturated carbocycles. The lowest BCUT2D eigenvalue weighted by atomic mass is 10.1. The monoisotopic (exact) mass is 386 g/mol. The van der Waals surface area contributed by atoms with Crippen LogP contribution in [0.3, 0.4) is 0 Å². The van der Waals surface area contributed by atoms with Gasteiger partial charge in [0.15, 0.2) is 0 Å². The molecule has 0 aromatic heterocycles. The molecule has 0 amide bonds. The van der Waals surface area contributed by atoms with E-state index in [2.05, 4.69) is 0 Å². The molecular formula is C14H14Cl4O4. The van der Waals surface area contributed by atoms with Gasteiger partial charge in [-0.3, -0.25) is 0 Å². The van der Waals surface area contributed by atoms with Crippen LogP contribution in [0.2, 0.25) is 20.1 Å². The molecule has 22 heavy (non-hydrogen) atoms. The normalized spacial score (nSPS) is 12.1. The maximum absolute atomic E-state index is 12.2. The fourth-order valence-electron chi connectivity index (χ4n) is 1.89. The SMILES string of the molecule is CCC[C@H](C)COC(=O)c1c(Cl)c(Cl)c(Cl)c(Cl)c1C(=O)O. The van der Waals surface area contributed by atoms with Crippen LogP contribution < -0.4 is 0 Å². The Labute approximate surface area is 148 Å². The van der Waals surface area contributed by atoms with Gasteiger partial charge in [-0.15, -0.1) is 0 Å².